The summed E-state index contributed by atoms with van der Waals surface area (Å²) >= 11 is 18.3. The minimum absolute atomic E-state index is 0.0825. The highest BCUT2D eigenvalue weighted by Crippen LogP contribution is 2.32. The Labute approximate surface area is 211 Å². The lowest BCUT2D eigenvalue weighted by atomic mass is 10.2. The molecule has 3 rings (SSSR count). The maximum atomic E-state index is 12.1. The first-order valence-corrected chi connectivity index (χ1v) is 11.1. The summed E-state index contributed by atoms with van der Waals surface area (Å²) in [5.74, 6) is -0.939. The van der Waals surface area contributed by atoms with Crippen molar-refractivity contribution in [3.05, 3.63) is 92.4 Å². The lowest BCUT2D eigenvalue weighted by Crippen LogP contribution is -2.37. The number of ether oxygens (including phenoxy) is 2. The molecule has 3 aromatic carbocycles. The van der Waals surface area contributed by atoms with Crippen LogP contribution >= 0.6 is 34.8 Å². The number of para-hydroxylation sites is 1. The van der Waals surface area contributed by atoms with Crippen LogP contribution in [0.2, 0.25) is 15.1 Å². The topological polar surface area (TPSA) is 89.0 Å². The molecule has 0 bridgehead atoms. The predicted molar refractivity (Wildman–Crippen MR) is 133 cm³/mol. The second-order valence-electron chi connectivity index (χ2n) is 6.88. The number of hydrogen-bond acceptors (Lipinski definition) is 5. The van der Waals surface area contributed by atoms with Gasteiger partial charge in [0.05, 0.1) is 13.3 Å². The van der Waals surface area contributed by atoms with Crippen LogP contribution < -0.4 is 20.2 Å². The molecule has 2 amide bonds. The lowest BCUT2D eigenvalue weighted by molar-refractivity contribution is -0.139. The van der Waals surface area contributed by atoms with Crippen LogP contribution in [0.15, 0.2) is 65.8 Å². The number of hydrazone groups is 1. The second kappa shape index (κ2) is 12.3. The molecular weight excluding hydrogens is 501 g/mol. The molecule has 2 N–H and O–H groups in total. The molecule has 0 aliphatic rings. The number of carbonyl (C=O) groups is 2. The van der Waals surface area contributed by atoms with Crippen LogP contribution in [-0.4, -0.2) is 25.1 Å². The van der Waals surface area contributed by atoms with E-state index in [4.69, 9.17) is 44.3 Å². The summed E-state index contributed by atoms with van der Waals surface area (Å²) in [7, 11) is 1.50. The number of benzene rings is 3. The number of amides is 2. The van der Waals surface area contributed by atoms with Crippen molar-refractivity contribution in [2.75, 3.05) is 7.11 Å². The molecular formula is C24H20Cl3N3O4. The Hall–Kier alpha value is -3.26. The normalized spacial score (nSPS) is 10.7. The molecule has 0 fully saturated rings. The van der Waals surface area contributed by atoms with Gasteiger partial charge >= 0.3 is 11.8 Å². The summed E-state index contributed by atoms with van der Waals surface area (Å²) in [6.45, 7) is 0.255. The van der Waals surface area contributed by atoms with Crippen molar-refractivity contribution < 1.29 is 19.1 Å². The summed E-state index contributed by atoms with van der Waals surface area (Å²) in [6.07, 6.45) is 1.34. The molecule has 3 aromatic rings. The van der Waals surface area contributed by atoms with Gasteiger partial charge in [0.1, 0.15) is 6.61 Å². The molecule has 0 unspecified atom stereocenters. The van der Waals surface area contributed by atoms with Crippen LogP contribution in [0, 0.1) is 0 Å². The van der Waals surface area contributed by atoms with Crippen molar-refractivity contribution in [3.63, 3.8) is 0 Å². The van der Waals surface area contributed by atoms with Gasteiger partial charge < -0.3 is 14.8 Å². The molecule has 0 saturated heterocycles. The van der Waals surface area contributed by atoms with Gasteiger partial charge in [-0.3, -0.25) is 9.59 Å². The van der Waals surface area contributed by atoms with E-state index in [1.165, 1.54) is 13.3 Å². The fourth-order valence-corrected chi connectivity index (χ4v) is 3.47. The van der Waals surface area contributed by atoms with Gasteiger partial charge in [0.2, 0.25) is 0 Å². The molecule has 10 heteroatoms. The van der Waals surface area contributed by atoms with E-state index in [0.29, 0.717) is 37.7 Å². The fourth-order valence-electron chi connectivity index (χ4n) is 2.84. The summed E-state index contributed by atoms with van der Waals surface area (Å²) in [5.41, 5.74) is 4.11. The first kappa shape index (κ1) is 25.4. The lowest BCUT2D eigenvalue weighted by Gasteiger charge is -2.14. The van der Waals surface area contributed by atoms with E-state index >= 15 is 0 Å². The van der Waals surface area contributed by atoms with Crippen LogP contribution in [0.3, 0.4) is 0 Å². The average Bonchev–Trinajstić information content (AvgIpc) is 2.83. The van der Waals surface area contributed by atoms with E-state index in [1.807, 2.05) is 0 Å². The number of hydrogen-bond donors (Lipinski definition) is 2. The summed E-state index contributed by atoms with van der Waals surface area (Å²) in [6, 6.07) is 17.2. The molecule has 7 nitrogen and oxygen atoms in total. The molecule has 0 aliphatic carbocycles. The van der Waals surface area contributed by atoms with E-state index in [0.717, 1.165) is 5.56 Å². The Kier molecular flexibility index (Phi) is 9.16. The number of halogens is 3. The van der Waals surface area contributed by atoms with Crippen LogP contribution in [0.4, 0.5) is 0 Å². The van der Waals surface area contributed by atoms with Crippen molar-refractivity contribution in [3.8, 4) is 11.5 Å². The monoisotopic (exact) mass is 519 g/mol. The SMILES string of the molecule is COc1cccc(/C=N\NC(=O)C(=O)NCc2ccc(Cl)cc2)c1OCc1c(Cl)cccc1Cl. The summed E-state index contributed by atoms with van der Waals surface area (Å²) < 4.78 is 11.3. The highest BCUT2D eigenvalue weighted by molar-refractivity contribution is 6.36. The quantitative estimate of drug-likeness (QED) is 0.248. The zero-order chi connectivity index (χ0) is 24.5. The maximum absolute atomic E-state index is 12.1. The fraction of sp³-hybridized carbons (Fsp3) is 0.125. The molecule has 0 spiro atoms. The smallest absolute Gasteiger partial charge is 0.329 e. The number of nitrogens with zero attached hydrogens (tertiary/aromatic N) is 1. The zero-order valence-corrected chi connectivity index (χ0v) is 20.2. The van der Waals surface area contributed by atoms with E-state index in [1.54, 1.807) is 60.7 Å². The highest BCUT2D eigenvalue weighted by atomic mass is 35.5. The second-order valence-corrected chi connectivity index (χ2v) is 8.13. The van der Waals surface area contributed by atoms with E-state index in [-0.39, 0.29) is 13.2 Å². The van der Waals surface area contributed by atoms with Gasteiger partial charge in [-0.1, -0.05) is 59.1 Å². The first-order chi connectivity index (χ1) is 16.4. The molecule has 34 heavy (non-hydrogen) atoms. The van der Waals surface area contributed by atoms with Crippen molar-refractivity contribution in [2.45, 2.75) is 13.2 Å². The Bertz CT molecular complexity index is 1180. The van der Waals surface area contributed by atoms with Gasteiger partial charge in [-0.2, -0.15) is 5.10 Å². The summed E-state index contributed by atoms with van der Waals surface area (Å²) in [5, 5.41) is 7.89. The van der Waals surface area contributed by atoms with Gasteiger partial charge in [0, 0.05) is 32.7 Å². The molecule has 0 heterocycles. The average molecular weight is 521 g/mol. The van der Waals surface area contributed by atoms with Crippen LogP contribution in [0.1, 0.15) is 16.7 Å². The Balaban J connectivity index is 1.63. The van der Waals surface area contributed by atoms with Crippen molar-refractivity contribution >= 4 is 52.8 Å². The van der Waals surface area contributed by atoms with Crippen LogP contribution in [-0.2, 0) is 22.7 Å². The largest absolute Gasteiger partial charge is 0.493 e. The van der Waals surface area contributed by atoms with Gasteiger partial charge in [0.15, 0.2) is 11.5 Å². The van der Waals surface area contributed by atoms with Crippen molar-refractivity contribution in [2.24, 2.45) is 5.10 Å². The summed E-state index contributed by atoms with van der Waals surface area (Å²) in [4.78, 5) is 24.1. The molecule has 0 atom stereocenters. The number of carbonyl (C=O) groups excluding carboxylic acids is 2. The van der Waals surface area contributed by atoms with E-state index in [9.17, 15) is 9.59 Å². The van der Waals surface area contributed by atoms with Crippen LogP contribution in [0.25, 0.3) is 0 Å². The minimum atomic E-state index is -0.918. The van der Waals surface area contributed by atoms with E-state index < -0.39 is 11.8 Å². The van der Waals surface area contributed by atoms with Gasteiger partial charge in [-0.15, -0.1) is 0 Å². The van der Waals surface area contributed by atoms with Crippen molar-refractivity contribution in [1.82, 2.24) is 10.7 Å². The maximum Gasteiger partial charge on any atom is 0.329 e. The number of nitrogens with one attached hydrogen (secondary N) is 2. The Morgan fingerprint density at radius 2 is 1.62 bits per heavy atom. The third kappa shape index (κ3) is 6.87. The van der Waals surface area contributed by atoms with Gasteiger partial charge in [0.25, 0.3) is 0 Å². The number of methoxy groups -OCH3 is 1. The molecule has 0 saturated carbocycles. The molecule has 0 radical (unpaired) electrons. The van der Waals surface area contributed by atoms with Crippen LogP contribution in [0.5, 0.6) is 11.5 Å². The Morgan fingerprint density at radius 1 is 0.941 bits per heavy atom. The third-order valence-electron chi connectivity index (χ3n) is 4.59. The highest BCUT2D eigenvalue weighted by Gasteiger charge is 2.14. The molecule has 0 aromatic heterocycles. The third-order valence-corrected chi connectivity index (χ3v) is 5.55. The first-order valence-electron chi connectivity index (χ1n) is 9.97. The van der Waals surface area contributed by atoms with E-state index in [2.05, 4.69) is 15.8 Å². The zero-order valence-electron chi connectivity index (χ0n) is 18.0. The Morgan fingerprint density at radius 3 is 2.29 bits per heavy atom. The predicted octanol–water partition coefficient (Wildman–Crippen LogP) is 5.00. The number of rotatable bonds is 8. The van der Waals surface area contributed by atoms with Crippen molar-refractivity contribution in [1.29, 1.82) is 0 Å². The van der Waals surface area contributed by atoms with Gasteiger partial charge in [-0.25, -0.2) is 5.43 Å². The minimum Gasteiger partial charge on any atom is -0.493 e. The van der Waals surface area contributed by atoms with Gasteiger partial charge in [-0.05, 0) is 42.0 Å². The standard InChI is InChI=1S/C24H20Cl3N3O4/c1-33-21-7-2-4-16(22(21)34-14-18-19(26)5-3-6-20(18)27)13-29-30-24(32)23(31)28-12-15-8-10-17(25)11-9-15/h2-11,13H,12,14H2,1H3,(H,28,31)(H,30,32)/b29-13-. The molecule has 0 aliphatic heterocycles. The molecule has 176 valence electrons.